The number of hydrogen-bond acceptors (Lipinski definition) is 4. The minimum atomic E-state index is 0.643. The molecule has 18 heavy (non-hydrogen) atoms. The van der Waals surface area contributed by atoms with Gasteiger partial charge in [0.05, 0.1) is 5.02 Å². The fraction of sp³-hybridized carbons (Fsp3) is 0.500. The van der Waals surface area contributed by atoms with E-state index in [0.717, 1.165) is 38.1 Å². The van der Waals surface area contributed by atoms with E-state index in [0.29, 0.717) is 11.0 Å². The summed E-state index contributed by atoms with van der Waals surface area (Å²) in [6.07, 6.45) is 5.06. The molecule has 2 heterocycles. The maximum absolute atomic E-state index is 5.88. The third kappa shape index (κ3) is 3.58. The topological polar surface area (TPSA) is 51.5 Å². The first-order chi connectivity index (χ1) is 8.79. The van der Waals surface area contributed by atoms with Gasteiger partial charge in [0, 0.05) is 26.5 Å². The van der Waals surface area contributed by atoms with Crippen LogP contribution in [-0.2, 0) is 4.74 Å². The van der Waals surface area contributed by atoms with Crippen LogP contribution in [-0.4, -0.2) is 34.9 Å². The number of methoxy groups -OCH3 is 1. The molecule has 2 aromatic rings. The molecule has 1 N–H and O–H groups in total. The van der Waals surface area contributed by atoms with E-state index in [1.807, 2.05) is 6.07 Å². The van der Waals surface area contributed by atoms with Crippen molar-refractivity contribution in [3.05, 3.63) is 23.4 Å². The highest BCUT2D eigenvalue weighted by Crippen LogP contribution is 2.11. The van der Waals surface area contributed by atoms with Crippen LogP contribution in [0.3, 0.4) is 0 Å². The lowest BCUT2D eigenvalue weighted by Gasteiger charge is -2.01. The van der Waals surface area contributed by atoms with Gasteiger partial charge in [0.15, 0.2) is 5.65 Å². The second-order valence-corrected chi connectivity index (χ2v) is 4.50. The maximum Gasteiger partial charge on any atom is 0.243 e. The molecule has 0 atom stereocenters. The number of rotatable bonds is 7. The summed E-state index contributed by atoms with van der Waals surface area (Å²) in [6, 6.07) is 3.65. The zero-order valence-corrected chi connectivity index (χ0v) is 11.2. The fourth-order valence-corrected chi connectivity index (χ4v) is 1.84. The molecule has 0 aliphatic heterocycles. The van der Waals surface area contributed by atoms with Crippen LogP contribution < -0.4 is 5.32 Å². The molecule has 0 radical (unpaired) electrons. The molecule has 0 unspecified atom stereocenters. The Balaban J connectivity index is 1.81. The molecular weight excluding hydrogens is 252 g/mol. The van der Waals surface area contributed by atoms with E-state index in [2.05, 4.69) is 15.4 Å². The van der Waals surface area contributed by atoms with Crippen LogP contribution in [0.15, 0.2) is 18.3 Å². The van der Waals surface area contributed by atoms with Crippen molar-refractivity contribution in [3.8, 4) is 0 Å². The average Bonchev–Trinajstić information content (AvgIpc) is 2.75. The third-order valence-corrected chi connectivity index (χ3v) is 2.83. The van der Waals surface area contributed by atoms with Crippen LogP contribution in [0.25, 0.3) is 5.65 Å². The van der Waals surface area contributed by atoms with Gasteiger partial charge in [0.1, 0.15) is 0 Å². The Kier molecular flexibility index (Phi) is 4.78. The van der Waals surface area contributed by atoms with Gasteiger partial charge in [0.2, 0.25) is 5.95 Å². The molecule has 0 fully saturated rings. The molecular formula is C12H17ClN4O. The van der Waals surface area contributed by atoms with Gasteiger partial charge in [-0.1, -0.05) is 11.6 Å². The molecule has 0 aliphatic rings. The van der Waals surface area contributed by atoms with Gasteiger partial charge < -0.3 is 10.1 Å². The van der Waals surface area contributed by atoms with Gasteiger partial charge in [-0.05, 0) is 31.4 Å². The lowest BCUT2D eigenvalue weighted by atomic mass is 10.2. The van der Waals surface area contributed by atoms with E-state index in [1.54, 1.807) is 23.9 Å². The maximum atomic E-state index is 5.88. The van der Waals surface area contributed by atoms with Crippen molar-refractivity contribution >= 4 is 23.2 Å². The quantitative estimate of drug-likeness (QED) is 0.785. The van der Waals surface area contributed by atoms with Gasteiger partial charge in [-0.3, -0.25) is 0 Å². The van der Waals surface area contributed by atoms with E-state index in [1.165, 1.54) is 0 Å². The summed E-state index contributed by atoms with van der Waals surface area (Å²) in [7, 11) is 1.73. The monoisotopic (exact) mass is 268 g/mol. The van der Waals surface area contributed by atoms with E-state index in [4.69, 9.17) is 16.3 Å². The highest BCUT2D eigenvalue weighted by Gasteiger charge is 2.02. The highest BCUT2D eigenvalue weighted by molar-refractivity contribution is 6.30. The number of nitrogens with one attached hydrogen (secondary N) is 1. The Morgan fingerprint density at radius 3 is 3.06 bits per heavy atom. The van der Waals surface area contributed by atoms with Crippen LogP contribution in [0.4, 0.5) is 5.95 Å². The van der Waals surface area contributed by atoms with Gasteiger partial charge >= 0.3 is 0 Å². The van der Waals surface area contributed by atoms with Crippen LogP contribution in [0.1, 0.15) is 19.3 Å². The zero-order chi connectivity index (χ0) is 12.8. The number of halogens is 1. The normalized spacial score (nSPS) is 11.0. The summed E-state index contributed by atoms with van der Waals surface area (Å²) >= 11 is 5.88. The molecule has 0 aliphatic carbocycles. The first kappa shape index (κ1) is 13.1. The molecule has 98 valence electrons. The summed E-state index contributed by atoms with van der Waals surface area (Å²) in [5, 5.41) is 8.15. The van der Waals surface area contributed by atoms with Crippen molar-refractivity contribution in [1.82, 2.24) is 14.6 Å². The molecule has 0 spiro atoms. The van der Waals surface area contributed by atoms with Crippen molar-refractivity contribution in [2.45, 2.75) is 19.3 Å². The first-order valence-electron chi connectivity index (χ1n) is 6.04. The smallest absolute Gasteiger partial charge is 0.243 e. The average molecular weight is 269 g/mol. The summed E-state index contributed by atoms with van der Waals surface area (Å²) in [5.74, 6) is 0.643. The van der Waals surface area contributed by atoms with E-state index >= 15 is 0 Å². The SMILES string of the molecule is COCCCCCNc1nc2ccc(Cl)cn2n1. The Morgan fingerprint density at radius 1 is 1.33 bits per heavy atom. The van der Waals surface area contributed by atoms with Crippen LogP contribution in [0.2, 0.25) is 5.02 Å². The Labute approximate surface area is 111 Å². The van der Waals surface area contributed by atoms with Crippen molar-refractivity contribution in [2.75, 3.05) is 25.6 Å². The minimum Gasteiger partial charge on any atom is -0.385 e. The highest BCUT2D eigenvalue weighted by atomic mass is 35.5. The predicted octanol–water partition coefficient (Wildman–Crippen LogP) is 2.61. The van der Waals surface area contributed by atoms with Crippen LogP contribution in [0.5, 0.6) is 0 Å². The van der Waals surface area contributed by atoms with Gasteiger partial charge in [-0.2, -0.15) is 4.98 Å². The van der Waals surface area contributed by atoms with Gasteiger partial charge in [-0.25, -0.2) is 4.52 Å². The second-order valence-electron chi connectivity index (χ2n) is 4.07. The Bertz CT molecular complexity index is 500. The summed E-state index contributed by atoms with van der Waals surface area (Å²) in [6.45, 7) is 1.69. The number of fused-ring (bicyclic) bond motifs is 1. The van der Waals surface area contributed by atoms with E-state index < -0.39 is 0 Å². The molecule has 0 aromatic carbocycles. The fourth-order valence-electron chi connectivity index (χ4n) is 1.68. The molecule has 0 saturated carbocycles. The van der Waals surface area contributed by atoms with Crippen molar-refractivity contribution in [1.29, 1.82) is 0 Å². The van der Waals surface area contributed by atoms with Crippen molar-refractivity contribution in [2.24, 2.45) is 0 Å². The number of nitrogens with zero attached hydrogens (tertiary/aromatic N) is 3. The zero-order valence-electron chi connectivity index (χ0n) is 10.4. The summed E-state index contributed by atoms with van der Waals surface area (Å²) < 4.78 is 6.67. The summed E-state index contributed by atoms with van der Waals surface area (Å²) in [5.41, 5.74) is 0.793. The van der Waals surface area contributed by atoms with Crippen molar-refractivity contribution < 1.29 is 4.74 Å². The van der Waals surface area contributed by atoms with Gasteiger partial charge in [-0.15, -0.1) is 5.10 Å². The van der Waals surface area contributed by atoms with Crippen molar-refractivity contribution in [3.63, 3.8) is 0 Å². The number of unbranched alkanes of at least 4 members (excludes halogenated alkanes) is 2. The predicted molar refractivity (Wildman–Crippen MR) is 72.2 cm³/mol. The lowest BCUT2D eigenvalue weighted by molar-refractivity contribution is 0.192. The molecule has 0 saturated heterocycles. The Hall–Kier alpha value is -1.33. The first-order valence-corrected chi connectivity index (χ1v) is 6.42. The standard InChI is InChI=1S/C12H17ClN4O/c1-18-8-4-2-3-7-14-12-15-11-6-5-10(13)9-17(11)16-12/h5-6,9H,2-4,7-8H2,1H3,(H,14,16). The molecule has 6 heteroatoms. The van der Waals surface area contributed by atoms with E-state index in [9.17, 15) is 0 Å². The van der Waals surface area contributed by atoms with Crippen LogP contribution >= 0.6 is 11.6 Å². The number of hydrogen-bond donors (Lipinski definition) is 1. The van der Waals surface area contributed by atoms with Crippen LogP contribution in [0, 0.1) is 0 Å². The largest absolute Gasteiger partial charge is 0.385 e. The molecule has 5 nitrogen and oxygen atoms in total. The number of aromatic nitrogens is 3. The summed E-state index contributed by atoms with van der Waals surface area (Å²) in [4.78, 5) is 4.35. The number of ether oxygens (including phenoxy) is 1. The minimum absolute atomic E-state index is 0.643. The number of pyridine rings is 1. The lowest BCUT2D eigenvalue weighted by Crippen LogP contribution is -2.03. The second kappa shape index (κ2) is 6.56. The molecule has 2 aromatic heterocycles. The Morgan fingerprint density at radius 2 is 2.22 bits per heavy atom. The molecule has 0 amide bonds. The third-order valence-electron chi connectivity index (χ3n) is 2.60. The number of anilines is 1. The molecule has 0 bridgehead atoms. The van der Waals surface area contributed by atoms with E-state index in [-0.39, 0.29) is 0 Å². The molecule has 2 rings (SSSR count). The van der Waals surface area contributed by atoms with Gasteiger partial charge in [0.25, 0.3) is 0 Å².